The van der Waals surface area contributed by atoms with Gasteiger partial charge in [-0.15, -0.1) is 0 Å². The van der Waals surface area contributed by atoms with E-state index in [1.807, 2.05) is 39.0 Å². The monoisotopic (exact) mass is 294 g/mol. The molecule has 0 saturated carbocycles. The first kappa shape index (κ1) is 17.3. The van der Waals surface area contributed by atoms with Crippen LogP contribution in [0.3, 0.4) is 0 Å². The Balaban J connectivity index is 2.89. The van der Waals surface area contributed by atoms with Gasteiger partial charge in [0.1, 0.15) is 0 Å². The second-order valence-corrected chi connectivity index (χ2v) is 5.43. The van der Waals surface area contributed by atoms with Gasteiger partial charge in [-0.1, -0.05) is 13.0 Å². The lowest BCUT2D eigenvalue weighted by Crippen LogP contribution is -2.44. The summed E-state index contributed by atoms with van der Waals surface area (Å²) in [5.74, 6) is 1.28. The predicted octanol–water partition coefficient (Wildman–Crippen LogP) is 2.26. The van der Waals surface area contributed by atoms with E-state index in [9.17, 15) is 4.79 Å². The predicted molar refractivity (Wildman–Crippen MR) is 83.6 cm³/mol. The number of hydrogen-bond donors (Lipinski definition) is 2. The summed E-state index contributed by atoms with van der Waals surface area (Å²) in [5.41, 5.74) is 6.14. The third kappa shape index (κ3) is 3.88. The molecule has 0 bridgehead atoms. The van der Waals surface area contributed by atoms with Crippen molar-refractivity contribution in [2.75, 3.05) is 20.8 Å². The van der Waals surface area contributed by atoms with Crippen molar-refractivity contribution >= 4 is 5.91 Å². The van der Waals surface area contributed by atoms with Crippen molar-refractivity contribution in [2.45, 2.75) is 33.2 Å². The zero-order valence-corrected chi connectivity index (χ0v) is 13.5. The molecule has 0 aliphatic heterocycles. The molecule has 0 aliphatic carbocycles. The smallest absolute Gasteiger partial charge is 0.227 e. The SMILES string of the molecule is CCC(C)(CN)C(=O)NC(C)c1ccc(OC)c(OC)c1. The van der Waals surface area contributed by atoms with Crippen LogP contribution in [0.25, 0.3) is 0 Å². The van der Waals surface area contributed by atoms with Gasteiger partial charge in [-0.05, 0) is 38.0 Å². The van der Waals surface area contributed by atoms with Crippen molar-refractivity contribution in [1.82, 2.24) is 5.32 Å². The molecule has 5 heteroatoms. The summed E-state index contributed by atoms with van der Waals surface area (Å²) in [6, 6.07) is 5.49. The number of carbonyl (C=O) groups is 1. The quantitative estimate of drug-likeness (QED) is 0.809. The number of methoxy groups -OCH3 is 2. The van der Waals surface area contributed by atoms with Gasteiger partial charge >= 0.3 is 0 Å². The highest BCUT2D eigenvalue weighted by Gasteiger charge is 2.30. The Kier molecular flexibility index (Phi) is 6.03. The molecule has 1 aromatic rings. The highest BCUT2D eigenvalue weighted by Crippen LogP contribution is 2.30. The van der Waals surface area contributed by atoms with Gasteiger partial charge in [-0.3, -0.25) is 4.79 Å². The maximum Gasteiger partial charge on any atom is 0.227 e. The van der Waals surface area contributed by atoms with E-state index >= 15 is 0 Å². The van der Waals surface area contributed by atoms with E-state index in [0.717, 1.165) is 5.56 Å². The average molecular weight is 294 g/mol. The van der Waals surface area contributed by atoms with Gasteiger partial charge in [-0.25, -0.2) is 0 Å². The highest BCUT2D eigenvalue weighted by atomic mass is 16.5. The summed E-state index contributed by atoms with van der Waals surface area (Å²) >= 11 is 0. The molecule has 5 nitrogen and oxygen atoms in total. The van der Waals surface area contributed by atoms with Crippen LogP contribution >= 0.6 is 0 Å². The molecule has 0 heterocycles. The molecule has 1 rings (SSSR count). The molecule has 0 saturated heterocycles. The van der Waals surface area contributed by atoms with Gasteiger partial charge in [0, 0.05) is 6.54 Å². The molecule has 1 aromatic carbocycles. The fourth-order valence-electron chi connectivity index (χ4n) is 1.97. The minimum Gasteiger partial charge on any atom is -0.493 e. The molecule has 3 N–H and O–H groups in total. The summed E-state index contributed by atoms with van der Waals surface area (Å²) in [4.78, 5) is 12.3. The maximum absolute atomic E-state index is 12.3. The molecule has 0 aromatic heterocycles. The Morgan fingerprint density at radius 2 is 1.95 bits per heavy atom. The summed E-state index contributed by atoms with van der Waals surface area (Å²) in [5, 5.41) is 3.01. The molecular weight excluding hydrogens is 268 g/mol. The van der Waals surface area contributed by atoms with Crippen LogP contribution in [-0.4, -0.2) is 26.7 Å². The summed E-state index contributed by atoms with van der Waals surface area (Å²) in [6.45, 7) is 6.11. The van der Waals surface area contributed by atoms with Crippen molar-refractivity contribution in [1.29, 1.82) is 0 Å². The van der Waals surface area contributed by atoms with Crippen LogP contribution in [0, 0.1) is 5.41 Å². The zero-order chi connectivity index (χ0) is 16.0. The molecule has 0 radical (unpaired) electrons. The zero-order valence-electron chi connectivity index (χ0n) is 13.5. The van der Waals surface area contributed by atoms with Crippen LogP contribution in [0.2, 0.25) is 0 Å². The van der Waals surface area contributed by atoms with Crippen LogP contribution in [0.15, 0.2) is 18.2 Å². The van der Waals surface area contributed by atoms with E-state index in [1.54, 1.807) is 14.2 Å². The lowest BCUT2D eigenvalue weighted by molar-refractivity contribution is -0.130. The summed E-state index contributed by atoms with van der Waals surface area (Å²) in [6.07, 6.45) is 0.702. The van der Waals surface area contributed by atoms with Crippen LogP contribution in [0.1, 0.15) is 38.8 Å². The minimum absolute atomic E-state index is 0.0326. The number of amides is 1. The minimum atomic E-state index is -0.537. The number of ether oxygens (including phenoxy) is 2. The van der Waals surface area contributed by atoms with Gasteiger partial charge in [0.15, 0.2) is 11.5 Å². The van der Waals surface area contributed by atoms with E-state index in [2.05, 4.69) is 5.32 Å². The van der Waals surface area contributed by atoms with Crippen LogP contribution in [0.4, 0.5) is 0 Å². The van der Waals surface area contributed by atoms with Crippen molar-refractivity contribution in [3.05, 3.63) is 23.8 Å². The summed E-state index contributed by atoms with van der Waals surface area (Å²) in [7, 11) is 3.18. The van der Waals surface area contributed by atoms with Gasteiger partial charge in [0.05, 0.1) is 25.7 Å². The van der Waals surface area contributed by atoms with Gasteiger partial charge < -0.3 is 20.5 Å². The van der Waals surface area contributed by atoms with Crippen molar-refractivity contribution in [3.8, 4) is 11.5 Å². The molecule has 0 spiro atoms. The van der Waals surface area contributed by atoms with Crippen LogP contribution in [-0.2, 0) is 4.79 Å². The first-order valence-electron chi connectivity index (χ1n) is 7.14. The Morgan fingerprint density at radius 3 is 2.43 bits per heavy atom. The number of nitrogens with one attached hydrogen (secondary N) is 1. The van der Waals surface area contributed by atoms with E-state index in [0.29, 0.717) is 24.5 Å². The number of benzene rings is 1. The lowest BCUT2D eigenvalue weighted by atomic mass is 9.86. The largest absolute Gasteiger partial charge is 0.493 e. The molecular formula is C16H26N2O3. The van der Waals surface area contributed by atoms with Crippen molar-refractivity contribution in [2.24, 2.45) is 11.1 Å². The van der Waals surface area contributed by atoms with Gasteiger partial charge in [0.2, 0.25) is 5.91 Å². The van der Waals surface area contributed by atoms with Crippen molar-refractivity contribution in [3.63, 3.8) is 0 Å². The average Bonchev–Trinajstić information content (AvgIpc) is 2.52. The molecule has 0 aliphatic rings. The maximum atomic E-state index is 12.3. The molecule has 118 valence electrons. The number of nitrogens with two attached hydrogens (primary N) is 1. The first-order chi connectivity index (χ1) is 9.91. The highest BCUT2D eigenvalue weighted by molar-refractivity contribution is 5.82. The molecule has 0 fully saturated rings. The molecule has 21 heavy (non-hydrogen) atoms. The molecule has 2 unspecified atom stereocenters. The lowest BCUT2D eigenvalue weighted by Gasteiger charge is -2.27. The Bertz CT molecular complexity index is 484. The number of rotatable bonds is 7. The van der Waals surface area contributed by atoms with Gasteiger partial charge in [-0.2, -0.15) is 0 Å². The fourth-order valence-corrected chi connectivity index (χ4v) is 1.97. The Hall–Kier alpha value is -1.75. The van der Waals surface area contributed by atoms with Gasteiger partial charge in [0.25, 0.3) is 0 Å². The third-order valence-electron chi connectivity index (χ3n) is 4.03. The van der Waals surface area contributed by atoms with E-state index in [-0.39, 0.29) is 11.9 Å². The Labute approximate surface area is 126 Å². The number of hydrogen-bond acceptors (Lipinski definition) is 4. The van der Waals surface area contributed by atoms with E-state index < -0.39 is 5.41 Å². The van der Waals surface area contributed by atoms with E-state index in [1.165, 1.54) is 0 Å². The summed E-state index contributed by atoms with van der Waals surface area (Å²) < 4.78 is 10.5. The van der Waals surface area contributed by atoms with Crippen molar-refractivity contribution < 1.29 is 14.3 Å². The fraction of sp³-hybridized carbons (Fsp3) is 0.562. The second kappa shape index (κ2) is 7.31. The first-order valence-corrected chi connectivity index (χ1v) is 7.14. The van der Waals surface area contributed by atoms with Crippen LogP contribution in [0.5, 0.6) is 11.5 Å². The second-order valence-electron chi connectivity index (χ2n) is 5.43. The molecule has 2 atom stereocenters. The Morgan fingerprint density at radius 1 is 1.33 bits per heavy atom. The van der Waals surface area contributed by atoms with Crippen LogP contribution < -0.4 is 20.5 Å². The third-order valence-corrected chi connectivity index (χ3v) is 4.03. The normalized spacial score (nSPS) is 15.0. The van der Waals surface area contributed by atoms with E-state index in [4.69, 9.17) is 15.2 Å². The standard InChI is InChI=1S/C16H26N2O3/c1-6-16(3,10-17)15(19)18-11(2)12-7-8-13(20-4)14(9-12)21-5/h7-9,11H,6,10,17H2,1-5H3,(H,18,19). The molecule has 1 amide bonds. The number of carbonyl (C=O) groups excluding carboxylic acids is 1. The topological polar surface area (TPSA) is 73.6 Å².